The molecule has 0 bridgehead atoms. The second kappa shape index (κ2) is 67.0. The molecule has 13 heteroatoms. The van der Waals surface area contributed by atoms with Crippen molar-refractivity contribution in [2.45, 2.75) is 119 Å². The van der Waals surface area contributed by atoms with Gasteiger partial charge in [0, 0.05) is 86.0 Å². The molecule has 2 rings (SSSR count). The van der Waals surface area contributed by atoms with E-state index in [1.165, 1.54) is 12.7 Å². The number of hydrogen-bond donors (Lipinski definition) is 6. The Labute approximate surface area is 373 Å². The topological polar surface area (TPSA) is 192 Å². The third kappa shape index (κ3) is 73.2. The maximum Gasteiger partial charge on any atom is 0.333 e. The Morgan fingerprint density at radius 1 is 0.508 bits per heavy atom. The van der Waals surface area contributed by atoms with Crippen molar-refractivity contribution in [3.05, 3.63) is 96.1 Å². The quantitative estimate of drug-likeness (QED) is 0.0310. The first-order valence-electron chi connectivity index (χ1n) is 20.3. The summed E-state index contributed by atoms with van der Waals surface area (Å²) in [5.41, 5.74) is 3.18. The van der Waals surface area contributed by atoms with Gasteiger partial charge in [-0.2, -0.15) is 0 Å². The van der Waals surface area contributed by atoms with Crippen LogP contribution in [-0.4, -0.2) is 110 Å². The van der Waals surface area contributed by atoms with Crippen molar-refractivity contribution in [3.63, 3.8) is 0 Å². The zero-order chi connectivity index (χ0) is 45.5. The van der Waals surface area contributed by atoms with Crippen LogP contribution < -0.4 is 0 Å². The average Bonchev–Trinajstić information content (AvgIpc) is 3.24. The number of rotatable bonds is 21. The van der Waals surface area contributed by atoms with Crippen molar-refractivity contribution in [2.75, 3.05) is 67.1 Å². The molecule has 0 saturated heterocycles. The molecule has 0 radical (unpaired) electrons. The minimum Gasteiger partial charge on any atom is -0.466 e. The van der Waals surface area contributed by atoms with Gasteiger partial charge < -0.3 is 49.6 Å². The number of esters is 2. The van der Waals surface area contributed by atoms with Crippen LogP contribution in [-0.2, 0) is 63.5 Å². The Balaban J connectivity index is -0.000000113. The van der Waals surface area contributed by atoms with E-state index in [-0.39, 0.29) is 40.3 Å². The molecule has 0 heterocycles. The minimum absolute atomic E-state index is 0. The Morgan fingerprint density at radius 3 is 1.03 bits per heavy atom. The van der Waals surface area contributed by atoms with E-state index in [9.17, 15) is 9.59 Å². The van der Waals surface area contributed by atoms with Crippen molar-refractivity contribution < 1.29 is 80.9 Å². The zero-order valence-electron chi connectivity index (χ0n) is 38.0. The van der Waals surface area contributed by atoms with E-state index in [4.69, 9.17) is 44.8 Å². The van der Waals surface area contributed by atoms with E-state index < -0.39 is 0 Å². The molecule has 0 spiro atoms. The van der Waals surface area contributed by atoms with Gasteiger partial charge >= 0.3 is 11.9 Å². The number of ether oxygens (including phenoxy) is 4. The molecule has 2 aromatic rings. The Kier molecular flexibility index (Phi) is 80.4. The first-order chi connectivity index (χ1) is 28.0. The third-order valence-electron chi connectivity index (χ3n) is 6.27. The minimum atomic E-state index is -0.347. The van der Waals surface area contributed by atoms with Gasteiger partial charge in [0.2, 0.25) is 0 Å². The van der Waals surface area contributed by atoms with Crippen LogP contribution in [0.15, 0.2) is 85.0 Å². The van der Waals surface area contributed by atoms with Crippen LogP contribution in [0.3, 0.4) is 0 Å². The number of hydrogen-bond acceptors (Lipinski definition) is 12. The van der Waals surface area contributed by atoms with Gasteiger partial charge in [-0.05, 0) is 57.1 Å². The standard InChI is InChI=1S/C14H18O3.C10H14O2.C5H8O2.4C4H10O.CH4O.Ti/c1-12(2)14(15)17-10-6-9-16-11-13-7-4-3-5-8-13;11-7-4-8-12-9-10-5-2-1-3-6-10;1-4(2)5(6)7-3;4*1-2-3-4-5;1-2;/h3-5,7-8H,1,6,9-11H2,2H3;1-3,5-6,11H,4,7-9H2;1H2,2-3H3;4*5H,2-4H2,1H3;2H,1H3;. The van der Waals surface area contributed by atoms with Crippen LogP contribution in [0.1, 0.15) is 117 Å². The Hall–Kier alpha value is -2.75. The van der Waals surface area contributed by atoms with E-state index in [0.717, 1.165) is 64.0 Å². The molecule has 0 fully saturated rings. The van der Waals surface area contributed by atoms with Crippen LogP contribution in [0.4, 0.5) is 0 Å². The molecule has 59 heavy (non-hydrogen) atoms. The molecule has 0 saturated carbocycles. The van der Waals surface area contributed by atoms with Crippen LogP contribution >= 0.6 is 0 Å². The molecule has 344 valence electrons. The van der Waals surface area contributed by atoms with Crippen LogP contribution in [0.25, 0.3) is 0 Å². The number of aliphatic hydroxyl groups excluding tert-OH is 6. The van der Waals surface area contributed by atoms with Crippen LogP contribution in [0, 0.1) is 0 Å². The van der Waals surface area contributed by atoms with Gasteiger partial charge in [-0.1, -0.05) is 127 Å². The normalized spacial score (nSPS) is 8.78. The monoisotopic (exact) mass is 877 g/mol. The molecule has 0 aliphatic rings. The first-order valence-corrected chi connectivity index (χ1v) is 20.3. The number of benzene rings is 2. The predicted octanol–water partition coefficient (Wildman–Crippen LogP) is 7.75. The van der Waals surface area contributed by atoms with Gasteiger partial charge in [0.25, 0.3) is 0 Å². The summed E-state index contributed by atoms with van der Waals surface area (Å²) in [6.45, 7) is 22.7. The summed E-state index contributed by atoms with van der Waals surface area (Å²) in [6.07, 6.45) is 9.57. The smallest absolute Gasteiger partial charge is 0.333 e. The molecule has 0 amide bonds. The number of unbranched alkanes of at least 4 members (excludes halogenated alkanes) is 4. The summed E-state index contributed by atoms with van der Waals surface area (Å²) in [5, 5.41) is 47.7. The zero-order valence-corrected chi connectivity index (χ0v) is 39.5. The molecule has 0 unspecified atom stereocenters. The van der Waals surface area contributed by atoms with E-state index in [2.05, 4.69) is 45.6 Å². The first kappa shape index (κ1) is 70.8. The van der Waals surface area contributed by atoms with E-state index in [0.29, 0.717) is 83.4 Å². The maximum absolute atomic E-state index is 11.0. The van der Waals surface area contributed by atoms with E-state index in [1.807, 2.05) is 60.7 Å². The van der Waals surface area contributed by atoms with Crippen molar-refractivity contribution >= 4 is 11.9 Å². The molecule has 2 aromatic carbocycles. The number of carbonyl (C=O) groups is 2. The largest absolute Gasteiger partial charge is 0.466 e. The SMILES string of the molecule is C=C(C)C(=O)OC.C=C(C)C(=O)OCCCOCc1ccccc1.CCCCO.CCCCO.CCCCO.CCCCO.CO.OCCCOCc1ccccc1.[Ti]. The second-order valence-electron chi connectivity index (χ2n) is 12.0. The van der Waals surface area contributed by atoms with E-state index in [1.54, 1.807) is 13.8 Å². The fourth-order valence-corrected chi connectivity index (χ4v) is 2.95. The fourth-order valence-electron chi connectivity index (χ4n) is 2.95. The summed E-state index contributed by atoms with van der Waals surface area (Å²) in [7, 11) is 2.33. The number of aliphatic hydroxyl groups is 6. The van der Waals surface area contributed by atoms with Crippen molar-refractivity contribution in [1.29, 1.82) is 0 Å². The maximum atomic E-state index is 11.0. The summed E-state index contributed by atoms with van der Waals surface area (Å²) in [4.78, 5) is 21.2. The van der Waals surface area contributed by atoms with Crippen molar-refractivity contribution in [2.24, 2.45) is 0 Å². The summed E-state index contributed by atoms with van der Waals surface area (Å²) in [6, 6.07) is 20.0. The van der Waals surface area contributed by atoms with Gasteiger partial charge in [0.05, 0.1) is 33.5 Å². The van der Waals surface area contributed by atoms with Crippen molar-refractivity contribution in [3.8, 4) is 0 Å². The van der Waals surface area contributed by atoms with Gasteiger partial charge in [0.1, 0.15) is 0 Å². The summed E-state index contributed by atoms with van der Waals surface area (Å²) >= 11 is 0. The molecule has 6 N–H and O–H groups in total. The van der Waals surface area contributed by atoms with Crippen LogP contribution in [0.5, 0.6) is 0 Å². The Bertz CT molecular complexity index is 1040. The molecule has 0 aliphatic heterocycles. The molecular formula is C46H84O12Ti. The molecule has 12 nitrogen and oxygen atoms in total. The summed E-state index contributed by atoms with van der Waals surface area (Å²) < 4.78 is 20.0. The molecule has 0 aromatic heterocycles. The second-order valence-corrected chi connectivity index (χ2v) is 12.0. The van der Waals surface area contributed by atoms with Gasteiger partial charge in [-0.15, -0.1) is 0 Å². The third-order valence-corrected chi connectivity index (χ3v) is 6.27. The molecular weight excluding hydrogens is 792 g/mol. The molecule has 0 aliphatic carbocycles. The summed E-state index contributed by atoms with van der Waals surface area (Å²) in [5.74, 6) is -0.687. The molecule has 0 atom stereocenters. The number of methoxy groups -OCH3 is 1. The van der Waals surface area contributed by atoms with Crippen molar-refractivity contribution in [1.82, 2.24) is 0 Å². The van der Waals surface area contributed by atoms with Gasteiger partial charge in [-0.25, -0.2) is 9.59 Å². The van der Waals surface area contributed by atoms with Gasteiger partial charge in [-0.3, -0.25) is 0 Å². The Morgan fingerprint density at radius 2 is 0.814 bits per heavy atom. The average molecular weight is 877 g/mol. The van der Waals surface area contributed by atoms with Gasteiger partial charge in [0.15, 0.2) is 0 Å². The number of carbonyl (C=O) groups excluding carboxylic acids is 2. The predicted molar refractivity (Wildman–Crippen MR) is 237 cm³/mol. The van der Waals surface area contributed by atoms with E-state index >= 15 is 0 Å². The fraction of sp³-hybridized carbons (Fsp3) is 0.609. The van der Waals surface area contributed by atoms with Crippen LogP contribution in [0.2, 0.25) is 0 Å².